The molecular weight excluding hydrogens is 583 g/mol. The fourth-order valence-electron chi connectivity index (χ4n) is 5.98. The lowest BCUT2D eigenvalue weighted by Gasteiger charge is -2.21. The Balaban J connectivity index is 0.000000159. The number of para-hydroxylation sites is 1. The number of nitrogens with zero attached hydrogens (tertiary/aromatic N) is 4. The molecule has 0 bridgehead atoms. The van der Waals surface area contributed by atoms with Gasteiger partial charge in [-0.1, -0.05) is 110 Å². The summed E-state index contributed by atoms with van der Waals surface area (Å²) in [4.78, 5) is 8.32. The first kappa shape index (κ1) is 30.9. The monoisotopic (exact) mass is 621 g/mol. The molecular formula is C40H39N5S. The minimum atomic E-state index is 0.766. The largest absolute Gasteiger partial charge is 0.354 e. The fraction of sp³-hybridized carbons (Fsp3) is 0.150. The predicted molar refractivity (Wildman–Crippen MR) is 199 cm³/mol. The van der Waals surface area contributed by atoms with Crippen molar-refractivity contribution in [2.24, 2.45) is 9.39 Å². The summed E-state index contributed by atoms with van der Waals surface area (Å²) in [6.45, 7) is 8.49. The fourth-order valence-corrected chi connectivity index (χ4v) is 6.55. The Morgan fingerprint density at radius 2 is 1.46 bits per heavy atom. The Morgan fingerprint density at radius 3 is 2.15 bits per heavy atom. The summed E-state index contributed by atoms with van der Waals surface area (Å²) in [5.74, 6) is 1.70. The number of aliphatic imine (C=N–C) groups is 1. The zero-order valence-corrected chi connectivity index (χ0v) is 27.8. The van der Waals surface area contributed by atoms with Gasteiger partial charge < -0.3 is 9.55 Å². The van der Waals surface area contributed by atoms with Gasteiger partial charge in [0, 0.05) is 56.9 Å². The molecule has 0 saturated carbocycles. The SMILES string of the molecule is CC.CC1=c2c([nH]c3cc4c(ccn4-c4ccccc4)c(C)c23)=CC=CC1.CN1SN=C(c2ccccc2)N=C1c1ccccc1. The number of rotatable bonds is 3. The number of fused-ring (bicyclic) bond motifs is 4. The van der Waals surface area contributed by atoms with E-state index in [2.05, 4.69) is 112 Å². The molecule has 0 atom stereocenters. The lowest BCUT2D eigenvalue weighted by Crippen LogP contribution is -2.25. The molecule has 0 saturated heterocycles. The number of benzene rings is 4. The highest BCUT2D eigenvalue weighted by Crippen LogP contribution is 2.28. The molecule has 4 aromatic carbocycles. The Bertz CT molecular complexity index is 2190. The van der Waals surface area contributed by atoms with Crippen molar-refractivity contribution in [2.75, 3.05) is 7.05 Å². The molecule has 0 unspecified atom stereocenters. The number of aryl methyl sites for hydroxylation is 1. The highest BCUT2D eigenvalue weighted by Gasteiger charge is 2.17. The summed E-state index contributed by atoms with van der Waals surface area (Å²) < 4.78 is 8.67. The summed E-state index contributed by atoms with van der Waals surface area (Å²) in [7, 11) is 1.97. The van der Waals surface area contributed by atoms with Gasteiger partial charge in [-0.05, 0) is 56.2 Å². The van der Waals surface area contributed by atoms with Crippen molar-refractivity contribution in [3.63, 3.8) is 0 Å². The maximum Gasteiger partial charge on any atom is 0.171 e. The van der Waals surface area contributed by atoms with Crippen LogP contribution < -0.4 is 10.6 Å². The van der Waals surface area contributed by atoms with Crippen LogP contribution in [0, 0.1) is 6.92 Å². The van der Waals surface area contributed by atoms with Crippen LogP contribution >= 0.6 is 12.1 Å². The highest BCUT2D eigenvalue weighted by atomic mass is 32.2. The van der Waals surface area contributed by atoms with Gasteiger partial charge in [0.2, 0.25) is 0 Å². The van der Waals surface area contributed by atoms with E-state index in [0.29, 0.717) is 0 Å². The molecule has 1 N–H and O–H groups in total. The quantitative estimate of drug-likeness (QED) is 0.201. The molecule has 6 aromatic rings. The zero-order chi connectivity index (χ0) is 32.0. The van der Waals surface area contributed by atoms with E-state index in [1.54, 1.807) is 0 Å². The molecule has 6 heteroatoms. The number of nitrogens with one attached hydrogen (secondary N) is 1. The van der Waals surface area contributed by atoms with Crippen molar-refractivity contribution in [3.8, 4) is 5.69 Å². The van der Waals surface area contributed by atoms with Crippen molar-refractivity contribution < 1.29 is 0 Å². The highest BCUT2D eigenvalue weighted by molar-refractivity contribution is 7.96. The second kappa shape index (κ2) is 13.9. The summed E-state index contributed by atoms with van der Waals surface area (Å²) in [6.07, 6.45) is 9.77. The van der Waals surface area contributed by atoms with E-state index in [4.69, 9.17) is 0 Å². The van der Waals surface area contributed by atoms with Gasteiger partial charge in [0.05, 0.1) is 17.7 Å². The number of allylic oxidation sites excluding steroid dienone is 2. The summed E-state index contributed by atoms with van der Waals surface area (Å²) in [5, 5.41) is 5.30. The molecule has 0 fully saturated rings. The molecule has 2 aliphatic rings. The molecule has 5 nitrogen and oxygen atoms in total. The first-order valence-electron chi connectivity index (χ1n) is 15.8. The maximum atomic E-state index is 4.68. The van der Waals surface area contributed by atoms with Gasteiger partial charge in [-0.3, -0.25) is 4.31 Å². The standard InChI is InChI=1S/C23H20N2.C15H13N3S.C2H6/c1-15-8-6-7-11-19-22(15)23-16(2)18-12-13-25(17-9-4-3-5-10-17)21(18)14-20(23)24-19;1-18-15(13-10-6-3-7-11-13)16-14(17-19-18)12-8-4-2-5-9-12;1-2/h3-7,9-14,24H,8H2,1-2H3;2-11H,1H3;1-2H3. The molecule has 2 aromatic heterocycles. The van der Waals surface area contributed by atoms with Crippen molar-refractivity contribution in [2.45, 2.75) is 34.1 Å². The third-order valence-electron chi connectivity index (χ3n) is 8.15. The Kier molecular flexibility index (Phi) is 9.36. The molecule has 0 radical (unpaired) electrons. The van der Waals surface area contributed by atoms with Crippen LogP contribution in [0.2, 0.25) is 0 Å². The van der Waals surface area contributed by atoms with Crippen molar-refractivity contribution in [1.29, 1.82) is 0 Å². The van der Waals surface area contributed by atoms with Crippen molar-refractivity contribution in [3.05, 3.63) is 149 Å². The van der Waals surface area contributed by atoms with E-state index in [0.717, 1.165) is 29.2 Å². The van der Waals surface area contributed by atoms with E-state index >= 15 is 0 Å². The lowest BCUT2D eigenvalue weighted by atomic mass is 10.0. The van der Waals surface area contributed by atoms with E-state index in [9.17, 15) is 0 Å². The van der Waals surface area contributed by atoms with Crippen molar-refractivity contribution in [1.82, 2.24) is 13.9 Å². The minimum Gasteiger partial charge on any atom is -0.354 e. The first-order valence-corrected chi connectivity index (χ1v) is 16.5. The molecule has 230 valence electrons. The van der Waals surface area contributed by atoms with E-state index in [-0.39, 0.29) is 0 Å². The van der Waals surface area contributed by atoms with Gasteiger partial charge >= 0.3 is 0 Å². The van der Waals surface area contributed by atoms with Crippen LogP contribution in [0.4, 0.5) is 0 Å². The van der Waals surface area contributed by atoms with Gasteiger partial charge in [0.15, 0.2) is 5.84 Å². The molecule has 1 aliphatic heterocycles. The van der Waals surface area contributed by atoms with E-state index < -0.39 is 0 Å². The molecule has 1 aliphatic carbocycles. The smallest absolute Gasteiger partial charge is 0.171 e. The van der Waals surface area contributed by atoms with Crippen LogP contribution in [0.15, 0.2) is 131 Å². The third kappa shape index (κ3) is 6.09. The van der Waals surface area contributed by atoms with E-state index in [1.807, 2.05) is 73.7 Å². The van der Waals surface area contributed by atoms with Crippen LogP contribution in [0.25, 0.3) is 39.1 Å². The predicted octanol–water partition coefficient (Wildman–Crippen LogP) is 8.75. The van der Waals surface area contributed by atoms with E-state index in [1.165, 1.54) is 61.3 Å². The number of aromatic nitrogens is 2. The normalized spacial score (nSPS) is 13.8. The van der Waals surface area contributed by atoms with Crippen LogP contribution in [-0.4, -0.2) is 32.6 Å². The summed E-state index contributed by atoms with van der Waals surface area (Å²) >= 11 is 1.41. The number of H-pyrrole nitrogens is 1. The van der Waals surface area contributed by atoms with Crippen LogP contribution in [0.5, 0.6) is 0 Å². The second-order valence-electron chi connectivity index (χ2n) is 11.0. The lowest BCUT2D eigenvalue weighted by molar-refractivity contribution is 0.841. The maximum absolute atomic E-state index is 4.68. The van der Waals surface area contributed by atoms with Crippen molar-refractivity contribution >= 4 is 57.3 Å². The van der Waals surface area contributed by atoms with Crippen LogP contribution in [-0.2, 0) is 0 Å². The minimum absolute atomic E-state index is 0.766. The van der Waals surface area contributed by atoms with Crippen LogP contribution in [0.1, 0.15) is 43.9 Å². The third-order valence-corrected chi connectivity index (χ3v) is 8.82. The molecule has 46 heavy (non-hydrogen) atoms. The topological polar surface area (TPSA) is 48.7 Å². The van der Waals surface area contributed by atoms with Gasteiger partial charge in [-0.15, -0.1) is 0 Å². The Hall–Kier alpha value is -5.07. The molecule has 8 rings (SSSR count). The molecule has 0 amide bonds. The molecule has 0 spiro atoms. The van der Waals surface area contributed by atoms with Gasteiger partial charge in [0.1, 0.15) is 5.84 Å². The average Bonchev–Trinajstić information content (AvgIpc) is 3.66. The first-order chi connectivity index (χ1) is 22.6. The Labute approximate surface area is 275 Å². The number of hydrogen-bond acceptors (Lipinski definition) is 4. The number of hydrogen-bond donors (Lipinski definition) is 1. The Morgan fingerprint density at radius 1 is 0.804 bits per heavy atom. The number of aromatic amines is 1. The number of amidine groups is 2. The van der Waals surface area contributed by atoms with Gasteiger partial charge in [-0.25, -0.2) is 4.99 Å². The second-order valence-corrected chi connectivity index (χ2v) is 11.9. The van der Waals surface area contributed by atoms with Gasteiger partial charge in [-0.2, -0.15) is 4.40 Å². The average molecular weight is 622 g/mol. The zero-order valence-electron chi connectivity index (χ0n) is 27.0. The van der Waals surface area contributed by atoms with Crippen LogP contribution in [0.3, 0.4) is 0 Å². The van der Waals surface area contributed by atoms with Gasteiger partial charge in [0.25, 0.3) is 0 Å². The summed E-state index contributed by atoms with van der Waals surface area (Å²) in [6, 6.07) is 35.3. The molecule has 3 heterocycles. The summed E-state index contributed by atoms with van der Waals surface area (Å²) in [5.41, 5.74) is 8.59.